The van der Waals surface area contributed by atoms with E-state index in [1.807, 2.05) is 23.9 Å². The lowest BCUT2D eigenvalue weighted by molar-refractivity contribution is -0.171. The predicted octanol–water partition coefficient (Wildman–Crippen LogP) is 2.85. The van der Waals surface area contributed by atoms with Crippen molar-refractivity contribution in [1.29, 1.82) is 0 Å². The maximum Gasteiger partial charge on any atom is 0.226 e. The van der Waals surface area contributed by atoms with Crippen molar-refractivity contribution in [3.63, 3.8) is 0 Å². The first kappa shape index (κ1) is 20.8. The molecule has 1 saturated heterocycles. The van der Waals surface area contributed by atoms with Crippen molar-refractivity contribution in [3.8, 4) is 5.75 Å². The highest BCUT2D eigenvalue weighted by molar-refractivity contribution is 7.99. The summed E-state index contributed by atoms with van der Waals surface area (Å²) in [6, 6.07) is 8.26. The molecule has 0 amide bonds. The fraction of sp³-hybridized carbons (Fsp3) is 0.600. The van der Waals surface area contributed by atoms with Crippen LogP contribution in [-0.4, -0.2) is 47.4 Å². The lowest BCUT2D eigenvalue weighted by atomic mass is 9.87. The van der Waals surface area contributed by atoms with Crippen LogP contribution < -0.4 is 16.2 Å². The van der Waals surface area contributed by atoms with Gasteiger partial charge in [0.05, 0.1) is 13.2 Å². The number of hydrogen-bond donors (Lipinski definition) is 2. The molecule has 4 N–H and O–H groups in total. The third-order valence-electron chi connectivity index (χ3n) is 4.93. The molecule has 2 heterocycles. The van der Waals surface area contributed by atoms with Crippen LogP contribution in [-0.2, 0) is 10.3 Å². The van der Waals surface area contributed by atoms with Crippen molar-refractivity contribution >= 4 is 23.7 Å². The van der Waals surface area contributed by atoms with Crippen LogP contribution in [0, 0.1) is 0 Å². The minimum absolute atomic E-state index is 0.141. The fourth-order valence-corrected chi connectivity index (χ4v) is 4.46. The number of rotatable bonds is 6. The molecule has 0 atom stereocenters. The summed E-state index contributed by atoms with van der Waals surface area (Å²) in [4.78, 5) is 14.6. The van der Waals surface area contributed by atoms with Crippen LogP contribution in [0.5, 0.6) is 5.75 Å². The van der Waals surface area contributed by atoms with Crippen LogP contribution in [0.4, 0.5) is 0 Å². The average molecular weight is 406 g/mol. The van der Waals surface area contributed by atoms with Gasteiger partial charge in [-0.1, -0.05) is 32.9 Å². The number of thioether (sulfide) groups is 1. The van der Waals surface area contributed by atoms with E-state index in [1.54, 1.807) is 5.06 Å². The quantitative estimate of drug-likeness (QED) is 0.706. The van der Waals surface area contributed by atoms with Crippen LogP contribution in [0.3, 0.4) is 0 Å². The molecule has 1 aromatic rings. The highest BCUT2D eigenvalue weighted by Crippen LogP contribution is 2.35. The van der Waals surface area contributed by atoms with Gasteiger partial charge in [0.25, 0.3) is 0 Å². The second-order valence-electron chi connectivity index (χ2n) is 8.14. The number of aliphatic imine (C=N–C) groups is 2. The van der Waals surface area contributed by atoms with Crippen LogP contribution in [0.25, 0.3) is 0 Å². The minimum atomic E-state index is -0.523. The van der Waals surface area contributed by atoms with Gasteiger partial charge in [-0.15, -0.1) is 0 Å². The standard InChI is InChI=1S/C20H31N5O2S/c1-19(2,3)15-5-7-16(8-6-15)26-11-4-12-27-25-18(22)23-17(21)24-20(25)9-13-28-14-10-20/h5-8H,4,9-14H2,1-3H3,(H4,21,22,23,24). The van der Waals surface area contributed by atoms with Crippen LogP contribution >= 0.6 is 11.8 Å². The molecule has 2 aliphatic rings. The molecule has 2 aliphatic heterocycles. The number of guanidine groups is 2. The van der Waals surface area contributed by atoms with Gasteiger partial charge in [-0.2, -0.15) is 21.8 Å². The number of nitrogens with two attached hydrogens (primary N) is 2. The van der Waals surface area contributed by atoms with Crippen LogP contribution in [0.1, 0.15) is 45.6 Å². The van der Waals surface area contributed by atoms with Gasteiger partial charge < -0.3 is 16.2 Å². The molecule has 0 saturated carbocycles. The Hall–Kier alpha value is -1.93. The molecular formula is C20H31N5O2S. The summed E-state index contributed by atoms with van der Waals surface area (Å²) in [5.41, 5.74) is 12.8. The van der Waals surface area contributed by atoms with Gasteiger partial charge in [-0.25, -0.2) is 4.99 Å². The smallest absolute Gasteiger partial charge is 0.226 e. The minimum Gasteiger partial charge on any atom is -0.494 e. The zero-order valence-electron chi connectivity index (χ0n) is 17.0. The Bertz CT molecular complexity index is 721. The normalized spacial score (nSPS) is 19.3. The summed E-state index contributed by atoms with van der Waals surface area (Å²) < 4.78 is 5.83. The van der Waals surface area contributed by atoms with E-state index in [1.165, 1.54) is 5.56 Å². The first-order valence-corrected chi connectivity index (χ1v) is 10.9. The second kappa shape index (κ2) is 8.61. The van der Waals surface area contributed by atoms with Gasteiger partial charge in [-0.3, -0.25) is 4.84 Å². The number of nitrogens with zero attached hydrogens (tertiary/aromatic N) is 3. The highest BCUT2D eigenvalue weighted by atomic mass is 32.2. The molecule has 1 aromatic carbocycles. The zero-order valence-corrected chi connectivity index (χ0v) is 17.8. The number of benzene rings is 1. The van der Waals surface area contributed by atoms with Crippen LogP contribution in [0.15, 0.2) is 34.3 Å². The molecule has 154 valence electrons. The molecule has 1 spiro atoms. The maximum absolute atomic E-state index is 6.08. The Morgan fingerprint density at radius 3 is 2.43 bits per heavy atom. The van der Waals surface area contributed by atoms with E-state index in [9.17, 15) is 0 Å². The van der Waals surface area contributed by atoms with Crippen LogP contribution in [0.2, 0.25) is 0 Å². The van der Waals surface area contributed by atoms with E-state index in [0.717, 1.165) is 36.5 Å². The van der Waals surface area contributed by atoms with Gasteiger partial charge in [0.1, 0.15) is 5.75 Å². The van der Waals surface area contributed by atoms with Crippen molar-refractivity contribution in [3.05, 3.63) is 29.8 Å². The first-order valence-electron chi connectivity index (χ1n) is 9.74. The first-order chi connectivity index (χ1) is 13.3. The Morgan fingerprint density at radius 1 is 1.11 bits per heavy atom. The number of ether oxygens (including phenoxy) is 1. The van der Waals surface area contributed by atoms with Gasteiger partial charge in [-0.05, 0) is 34.6 Å². The van der Waals surface area contributed by atoms with Gasteiger partial charge in [0.15, 0.2) is 5.66 Å². The highest BCUT2D eigenvalue weighted by Gasteiger charge is 2.43. The van der Waals surface area contributed by atoms with E-state index >= 15 is 0 Å². The Labute approximate surface area is 171 Å². The molecule has 0 bridgehead atoms. The second-order valence-corrected chi connectivity index (χ2v) is 9.36. The van der Waals surface area contributed by atoms with Crippen molar-refractivity contribution < 1.29 is 9.57 Å². The van der Waals surface area contributed by atoms with Crippen molar-refractivity contribution in [2.45, 2.75) is 51.1 Å². The Kier molecular flexibility index (Phi) is 6.40. The summed E-state index contributed by atoms with van der Waals surface area (Å²) in [5.74, 6) is 3.37. The maximum atomic E-state index is 6.08. The largest absolute Gasteiger partial charge is 0.494 e. The summed E-state index contributed by atoms with van der Waals surface area (Å²) in [6.07, 6.45) is 2.41. The lowest BCUT2D eigenvalue weighted by Gasteiger charge is -2.43. The third kappa shape index (κ3) is 4.91. The molecule has 0 radical (unpaired) electrons. The van der Waals surface area contributed by atoms with Gasteiger partial charge in [0, 0.05) is 19.3 Å². The number of hydroxylamine groups is 2. The SMILES string of the molecule is CC(C)(C)c1ccc(OCCCON2C(N)=NC(N)=NC23CCSCC3)cc1. The van der Waals surface area contributed by atoms with Crippen molar-refractivity contribution in [1.82, 2.24) is 5.06 Å². The monoisotopic (exact) mass is 405 g/mol. The molecule has 8 heteroatoms. The molecule has 1 fully saturated rings. The molecule has 0 aromatic heterocycles. The van der Waals surface area contributed by atoms with Crippen molar-refractivity contribution in [2.24, 2.45) is 21.5 Å². The third-order valence-corrected chi connectivity index (χ3v) is 5.92. The van der Waals surface area contributed by atoms with E-state index in [-0.39, 0.29) is 17.3 Å². The summed E-state index contributed by atoms with van der Waals surface area (Å²) >= 11 is 1.91. The summed E-state index contributed by atoms with van der Waals surface area (Å²) in [6.45, 7) is 7.64. The summed E-state index contributed by atoms with van der Waals surface area (Å²) in [5, 5.41) is 1.65. The Balaban J connectivity index is 1.48. The van der Waals surface area contributed by atoms with Gasteiger partial charge >= 0.3 is 0 Å². The topological polar surface area (TPSA) is 98.5 Å². The number of hydrogen-bond acceptors (Lipinski definition) is 8. The zero-order chi connectivity index (χ0) is 20.2. The van der Waals surface area contributed by atoms with E-state index in [2.05, 4.69) is 42.9 Å². The molecule has 28 heavy (non-hydrogen) atoms. The Morgan fingerprint density at radius 2 is 1.79 bits per heavy atom. The fourth-order valence-electron chi connectivity index (χ4n) is 3.32. The average Bonchev–Trinajstić information content (AvgIpc) is 2.63. The molecule has 7 nitrogen and oxygen atoms in total. The van der Waals surface area contributed by atoms with Gasteiger partial charge in [0.2, 0.25) is 11.9 Å². The predicted molar refractivity (Wildman–Crippen MR) is 116 cm³/mol. The van der Waals surface area contributed by atoms with E-state index in [4.69, 9.17) is 21.0 Å². The molecule has 3 rings (SSSR count). The van der Waals surface area contributed by atoms with Crippen molar-refractivity contribution in [2.75, 3.05) is 24.7 Å². The molecular weight excluding hydrogens is 374 g/mol. The molecule has 0 unspecified atom stereocenters. The molecule has 0 aliphatic carbocycles. The summed E-state index contributed by atoms with van der Waals surface area (Å²) in [7, 11) is 0. The lowest BCUT2D eigenvalue weighted by Crippen LogP contribution is -2.58. The van der Waals surface area contributed by atoms with E-state index < -0.39 is 5.66 Å². The van der Waals surface area contributed by atoms with E-state index in [0.29, 0.717) is 13.2 Å².